The van der Waals surface area contributed by atoms with Crippen molar-refractivity contribution in [3.8, 4) is 0 Å². The van der Waals surface area contributed by atoms with Gasteiger partial charge in [0.1, 0.15) is 0 Å². The van der Waals surface area contributed by atoms with Gasteiger partial charge in [-0.3, -0.25) is 4.79 Å². The zero-order valence-corrected chi connectivity index (χ0v) is 11.1. The molecule has 2 bridgehead atoms. The standard InChI is InChI=1S/C15H21N3O/c16-13-5-11(6-14(17)7-13)15(19)18-8-12-4-9-1-2-10(12)3-9/h5-7,9-10,12H,1-4,8,16-17H2,(H,18,19). The van der Waals surface area contributed by atoms with E-state index in [0.717, 1.165) is 18.4 Å². The highest BCUT2D eigenvalue weighted by Gasteiger charge is 2.39. The quantitative estimate of drug-likeness (QED) is 0.726. The van der Waals surface area contributed by atoms with Gasteiger partial charge in [0.2, 0.25) is 0 Å². The fourth-order valence-corrected chi connectivity index (χ4v) is 3.76. The van der Waals surface area contributed by atoms with Crippen molar-refractivity contribution < 1.29 is 4.79 Å². The summed E-state index contributed by atoms with van der Waals surface area (Å²) < 4.78 is 0. The molecule has 3 rings (SSSR count). The lowest BCUT2D eigenvalue weighted by Crippen LogP contribution is -2.31. The minimum atomic E-state index is -0.0678. The molecule has 102 valence electrons. The number of benzene rings is 1. The van der Waals surface area contributed by atoms with Gasteiger partial charge in [-0.15, -0.1) is 0 Å². The first-order valence-electron chi connectivity index (χ1n) is 7.06. The minimum Gasteiger partial charge on any atom is -0.399 e. The van der Waals surface area contributed by atoms with Gasteiger partial charge in [-0.1, -0.05) is 6.42 Å². The van der Waals surface area contributed by atoms with Crippen molar-refractivity contribution >= 4 is 17.3 Å². The molecular formula is C15H21N3O. The van der Waals surface area contributed by atoms with Gasteiger partial charge in [0.15, 0.2) is 0 Å². The molecule has 2 saturated carbocycles. The van der Waals surface area contributed by atoms with Crippen LogP contribution in [0.15, 0.2) is 18.2 Å². The number of nitrogens with two attached hydrogens (primary N) is 2. The third-order valence-electron chi connectivity index (χ3n) is 4.65. The summed E-state index contributed by atoms with van der Waals surface area (Å²) in [7, 11) is 0. The third kappa shape index (κ3) is 2.53. The topological polar surface area (TPSA) is 81.1 Å². The summed E-state index contributed by atoms with van der Waals surface area (Å²) in [5.41, 5.74) is 13.0. The summed E-state index contributed by atoms with van der Waals surface area (Å²) in [5.74, 6) is 2.34. The highest BCUT2D eigenvalue weighted by molar-refractivity contribution is 5.96. The lowest BCUT2D eigenvalue weighted by atomic mass is 9.89. The molecule has 1 aromatic carbocycles. The highest BCUT2D eigenvalue weighted by atomic mass is 16.1. The fraction of sp³-hybridized carbons (Fsp3) is 0.533. The Hall–Kier alpha value is -1.71. The first-order valence-corrected chi connectivity index (χ1v) is 7.06. The van der Waals surface area contributed by atoms with E-state index in [-0.39, 0.29) is 5.91 Å². The number of carbonyl (C=O) groups excluding carboxylic acids is 1. The molecule has 1 amide bonds. The SMILES string of the molecule is Nc1cc(N)cc(C(=O)NCC2CC3CCC2C3)c1. The van der Waals surface area contributed by atoms with Gasteiger partial charge >= 0.3 is 0 Å². The molecule has 4 nitrogen and oxygen atoms in total. The lowest BCUT2D eigenvalue weighted by molar-refractivity contribution is 0.0942. The first kappa shape index (κ1) is 12.3. The average molecular weight is 259 g/mol. The molecule has 2 fully saturated rings. The highest BCUT2D eigenvalue weighted by Crippen LogP contribution is 2.47. The first-order chi connectivity index (χ1) is 9.11. The van der Waals surface area contributed by atoms with Crippen molar-refractivity contribution in [2.75, 3.05) is 18.0 Å². The maximum absolute atomic E-state index is 12.1. The van der Waals surface area contributed by atoms with Crippen molar-refractivity contribution in [2.24, 2.45) is 17.8 Å². The van der Waals surface area contributed by atoms with E-state index < -0.39 is 0 Å². The van der Waals surface area contributed by atoms with Crippen LogP contribution in [0.5, 0.6) is 0 Å². The van der Waals surface area contributed by atoms with Crippen molar-refractivity contribution in [1.82, 2.24) is 5.32 Å². The molecule has 0 heterocycles. The smallest absolute Gasteiger partial charge is 0.251 e. The Kier molecular flexibility index (Phi) is 3.09. The van der Waals surface area contributed by atoms with E-state index in [1.54, 1.807) is 18.2 Å². The Labute approximate surface area is 113 Å². The number of hydrogen-bond donors (Lipinski definition) is 3. The van der Waals surface area contributed by atoms with E-state index in [1.807, 2.05) is 0 Å². The van der Waals surface area contributed by atoms with Crippen LogP contribution in [0.4, 0.5) is 11.4 Å². The Morgan fingerprint density at radius 1 is 1.16 bits per heavy atom. The van der Waals surface area contributed by atoms with E-state index in [1.165, 1.54) is 25.7 Å². The van der Waals surface area contributed by atoms with Crippen molar-refractivity contribution in [1.29, 1.82) is 0 Å². The maximum atomic E-state index is 12.1. The van der Waals surface area contributed by atoms with Crippen molar-refractivity contribution in [3.05, 3.63) is 23.8 Å². The van der Waals surface area contributed by atoms with Gasteiger partial charge in [-0.25, -0.2) is 0 Å². The van der Waals surface area contributed by atoms with Crippen LogP contribution in [0.25, 0.3) is 0 Å². The van der Waals surface area contributed by atoms with Crippen molar-refractivity contribution in [2.45, 2.75) is 25.7 Å². The predicted octanol–water partition coefficient (Wildman–Crippen LogP) is 2.02. The molecule has 0 saturated heterocycles. The lowest BCUT2D eigenvalue weighted by Gasteiger charge is -2.21. The second-order valence-corrected chi connectivity index (χ2v) is 6.03. The number of amides is 1. The van der Waals surface area contributed by atoms with Crippen LogP contribution < -0.4 is 16.8 Å². The molecular weight excluding hydrogens is 238 g/mol. The number of fused-ring (bicyclic) bond motifs is 2. The summed E-state index contributed by atoms with van der Waals surface area (Å²) in [6.45, 7) is 0.786. The second-order valence-electron chi connectivity index (χ2n) is 6.03. The van der Waals surface area contributed by atoms with Gasteiger partial charge in [0.05, 0.1) is 0 Å². The van der Waals surface area contributed by atoms with Crippen LogP contribution in [0, 0.1) is 17.8 Å². The second kappa shape index (κ2) is 4.76. The van der Waals surface area contributed by atoms with Crippen LogP contribution in [-0.4, -0.2) is 12.5 Å². The summed E-state index contributed by atoms with van der Waals surface area (Å²) >= 11 is 0. The molecule has 3 unspecified atom stereocenters. The van der Waals surface area contributed by atoms with Crippen LogP contribution in [-0.2, 0) is 0 Å². The molecule has 2 aliphatic carbocycles. The van der Waals surface area contributed by atoms with E-state index in [9.17, 15) is 4.79 Å². The predicted molar refractivity (Wildman–Crippen MR) is 76.5 cm³/mol. The minimum absolute atomic E-state index is 0.0678. The summed E-state index contributed by atoms with van der Waals surface area (Å²) in [6, 6.07) is 5.01. The number of nitrogens with one attached hydrogen (secondary N) is 1. The monoisotopic (exact) mass is 259 g/mol. The number of carbonyl (C=O) groups is 1. The van der Waals surface area contributed by atoms with E-state index >= 15 is 0 Å². The summed E-state index contributed by atoms with van der Waals surface area (Å²) in [6.07, 6.45) is 5.38. The molecule has 5 N–H and O–H groups in total. The molecule has 2 aliphatic rings. The molecule has 0 radical (unpaired) electrons. The van der Waals surface area contributed by atoms with Crippen LogP contribution >= 0.6 is 0 Å². The summed E-state index contributed by atoms with van der Waals surface area (Å²) in [4.78, 5) is 12.1. The Balaban J connectivity index is 1.59. The van der Waals surface area contributed by atoms with Crippen LogP contribution in [0.2, 0.25) is 0 Å². The molecule has 0 aromatic heterocycles. The normalized spacial score (nSPS) is 28.5. The molecule has 3 atom stereocenters. The van der Waals surface area contributed by atoms with Gasteiger partial charge < -0.3 is 16.8 Å². The largest absolute Gasteiger partial charge is 0.399 e. The third-order valence-corrected chi connectivity index (χ3v) is 4.65. The number of nitrogen functional groups attached to an aromatic ring is 2. The Morgan fingerprint density at radius 3 is 2.47 bits per heavy atom. The molecule has 1 aromatic rings. The van der Waals surface area contributed by atoms with Gasteiger partial charge in [-0.05, 0) is 55.2 Å². The zero-order chi connectivity index (χ0) is 13.4. The van der Waals surface area contributed by atoms with Gasteiger partial charge in [0, 0.05) is 23.5 Å². The van der Waals surface area contributed by atoms with Gasteiger partial charge in [-0.2, -0.15) is 0 Å². The fourth-order valence-electron chi connectivity index (χ4n) is 3.76. The van der Waals surface area contributed by atoms with E-state index in [2.05, 4.69) is 5.32 Å². The Bertz CT molecular complexity index is 480. The number of hydrogen-bond acceptors (Lipinski definition) is 3. The molecule has 4 heteroatoms. The molecule has 19 heavy (non-hydrogen) atoms. The zero-order valence-electron chi connectivity index (χ0n) is 11.1. The molecule has 0 aliphatic heterocycles. The van der Waals surface area contributed by atoms with Crippen LogP contribution in [0.3, 0.4) is 0 Å². The summed E-state index contributed by atoms with van der Waals surface area (Å²) in [5, 5.41) is 3.03. The van der Waals surface area contributed by atoms with Gasteiger partial charge in [0.25, 0.3) is 5.91 Å². The maximum Gasteiger partial charge on any atom is 0.251 e. The number of rotatable bonds is 3. The number of anilines is 2. The van der Waals surface area contributed by atoms with Crippen LogP contribution in [0.1, 0.15) is 36.0 Å². The van der Waals surface area contributed by atoms with E-state index in [0.29, 0.717) is 22.9 Å². The van der Waals surface area contributed by atoms with Crippen molar-refractivity contribution in [3.63, 3.8) is 0 Å². The Morgan fingerprint density at radius 2 is 1.89 bits per heavy atom. The van der Waals surface area contributed by atoms with E-state index in [4.69, 9.17) is 11.5 Å². The molecule has 0 spiro atoms. The average Bonchev–Trinajstić information content (AvgIpc) is 2.96.